The molecule has 18 heavy (non-hydrogen) atoms. The smallest absolute Gasteiger partial charge is 0.223 e. The second-order valence-corrected chi connectivity index (χ2v) is 6.72. The van der Waals surface area contributed by atoms with E-state index in [1.54, 1.807) is 0 Å². The summed E-state index contributed by atoms with van der Waals surface area (Å²) < 4.78 is 0. The maximum absolute atomic E-state index is 12.4. The standard InChI is InChI=1S/C13H25N3OS/c1-15-4-5-16(12(9-14)10-15)13(17)8-11-2-6-18-7-3-11/h11-12H,2-10,14H2,1H3. The van der Waals surface area contributed by atoms with Crippen molar-refractivity contribution in [3.8, 4) is 0 Å². The van der Waals surface area contributed by atoms with Crippen LogP contribution in [-0.4, -0.2) is 66.5 Å². The van der Waals surface area contributed by atoms with Gasteiger partial charge >= 0.3 is 0 Å². The molecule has 0 saturated carbocycles. The Labute approximate surface area is 114 Å². The van der Waals surface area contributed by atoms with Gasteiger partial charge in [-0.05, 0) is 37.3 Å². The minimum atomic E-state index is 0.217. The van der Waals surface area contributed by atoms with Crippen LogP contribution in [0.15, 0.2) is 0 Å². The predicted molar refractivity (Wildman–Crippen MR) is 76.7 cm³/mol. The van der Waals surface area contributed by atoms with Crippen LogP contribution in [0.1, 0.15) is 19.3 Å². The summed E-state index contributed by atoms with van der Waals surface area (Å²) in [5, 5.41) is 0. The Balaban J connectivity index is 1.86. The van der Waals surface area contributed by atoms with Crippen molar-refractivity contribution in [3.63, 3.8) is 0 Å². The van der Waals surface area contributed by atoms with Gasteiger partial charge in [-0.15, -0.1) is 0 Å². The number of hydrogen-bond acceptors (Lipinski definition) is 4. The SMILES string of the molecule is CN1CCN(C(=O)CC2CCSCC2)C(CN)C1. The highest BCUT2D eigenvalue weighted by molar-refractivity contribution is 7.99. The van der Waals surface area contributed by atoms with Gasteiger partial charge in [-0.25, -0.2) is 0 Å². The summed E-state index contributed by atoms with van der Waals surface area (Å²) in [5.74, 6) is 3.38. The molecule has 2 saturated heterocycles. The van der Waals surface area contributed by atoms with Crippen molar-refractivity contribution in [3.05, 3.63) is 0 Å². The Morgan fingerprint density at radius 2 is 2.06 bits per heavy atom. The van der Waals surface area contributed by atoms with E-state index < -0.39 is 0 Å². The van der Waals surface area contributed by atoms with Crippen LogP contribution in [0.3, 0.4) is 0 Å². The van der Waals surface area contributed by atoms with Crippen molar-refractivity contribution < 1.29 is 4.79 Å². The fourth-order valence-corrected chi connectivity index (χ4v) is 4.06. The summed E-state index contributed by atoms with van der Waals surface area (Å²) in [7, 11) is 2.10. The fourth-order valence-electron chi connectivity index (χ4n) is 2.86. The summed E-state index contributed by atoms with van der Waals surface area (Å²) in [6, 6.07) is 0.217. The van der Waals surface area contributed by atoms with Crippen LogP contribution in [0.2, 0.25) is 0 Å². The quantitative estimate of drug-likeness (QED) is 0.817. The molecule has 2 rings (SSSR count). The molecule has 0 aromatic rings. The van der Waals surface area contributed by atoms with Crippen LogP contribution in [0, 0.1) is 5.92 Å². The van der Waals surface area contributed by atoms with Crippen LogP contribution in [0.4, 0.5) is 0 Å². The van der Waals surface area contributed by atoms with Gasteiger partial charge in [-0.2, -0.15) is 11.8 Å². The summed E-state index contributed by atoms with van der Waals surface area (Å²) in [6.07, 6.45) is 3.15. The Morgan fingerprint density at radius 3 is 2.72 bits per heavy atom. The molecule has 0 radical (unpaired) electrons. The highest BCUT2D eigenvalue weighted by Gasteiger charge is 2.29. The average Bonchev–Trinajstić information content (AvgIpc) is 2.39. The maximum atomic E-state index is 12.4. The molecule has 1 unspecified atom stereocenters. The first-order chi connectivity index (χ1) is 8.70. The molecule has 104 valence electrons. The Hall–Kier alpha value is -0.260. The summed E-state index contributed by atoms with van der Waals surface area (Å²) >= 11 is 2.02. The minimum Gasteiger partial charge on any atom is -0.336 e. The van der Waals surface area contributed by atoms with Crippen molar-refractivity contribution in [1.29, 1.82) is 0 Å². The van der Waals surface area contributed by atoms with Crippen LogP contribution in [0.25, 0.3) is 0 Å². The Morgan fingerprint density at radius 1 is 1.33 bits per heavy atom. The predicted octanol–water partition coefficient (Wildman–Crippen LogP) is 0.621. The first-order valence-electron chi connectivity index (χ1n) is 6.96. The number of carbonyl (C=O) groups excluding carboxylic acids is 1. The van der Waals surface area contributed by atoms with E-state index in [2.05, 4.69) is 11.9 Å². The number of nitrogens with zero attached hydrogens (tertiary/aromatic N) is 2. The summed E-state index contributed by atoms with van der Waals surface area (Å²) in [6.45, 7) is 3.32. The third kappa shape index (κ3) is 3.62. The number of likely N-dealkylation sites (N-methyl/N-ethyl adjacent to an activating group) is 1. The summed E-state index contributed by atoms with van der Waals surface area (Å²) in [4.78, 5) is 16.7. The molecule has 1 atom stereocenters. The second-order valence-electron chi connectivity index (χ2n) is 5.50. The molecule has 2 N–H and O–H groups in total. The fraction of sp³-hybridized carbons (Fsp3) is 0.923. The van der Waals surface area contributed by atoms with Crippen LogP contribution >= 0.6 is 11.8 Å². The molecule has 0 aliphatic carbocycles. The molecule has 5 heteroatoms. The second kappa shape index (κ2) is 6.78. The van der Waals surface area contributed by atoms with E-state index in [0.717, 1.165) is 26.1 Å². The minimum absolute atomic E-state index is 0.217. The van der Waals surface area contributed by atoms with E-state index in [1.165, 1.54) is 24.3 Å². The average molecular weight is 271 g/mol. The molecular weight excluding hydrogens is 246 g/mol. The first-order valence-corrected chi connectivity index (χ1v) is 8.12. The zero-order valence-corrected chi connectivity index (χ0v) is 12.1. The number of amides is 1. The molecule has 0 bridgehead atoms. The van der Waals surface area contributed by atoms with E-state index in [9.17, 15) is 4.79 Å². The number of hydrogen-bond donors (Lipinski definition) is 1. The number of nitrogens with two attached hydrogens (primary N) is 1. The number of thioether (sulfide) groups is 1. The first kappa shape index (κ1) is 14.2. The van der Waals surface area contributed by atoms with Gasteiger partial charge in [0.25, 0.3) is 0 Å². The van der Waals surface area contributed by atoms with E-state index in [0.29, 0.717) is 18.4 Å². The largest absolute Gasteiger partial charge is 0.336 e. The van der Waals surface area contributed by atoms with E-state index in [4.69, 9.17) is 5.73 Å². The summed E-state index contributed by atoms with van der Waals surface area (Å²) in [5.41, 5.74) is 5.80. The van der Waals surface area contributed by atoms with Crippen LogP contribution in [0.5, 0.6) is 0 Å². The number of carbonyl (C=O) groups is 1. The van der Waals surface area contributed by atoms with E-state index >= 15 is 0 Å². The van der Waals surface area contributed by atoms with Crippen molar-refractivity contribution >= 4 is 17.7 Å². The van der Waals surface area contributed by atoms with Gasteiger partial charge in [0, 0.05) is 32.6 Å². The monoisotopic (exact) mass is 271 g/mol. The van der Waals surface area contributed by atoms with Crippen LogP contribution < -0.4 is 5.73 Å². The lowest BCUT2D eigenvalue weighted by Gasteiger charge is -2.40. The molecule has 2 fully saturated rings. The van der Waals surface area contributed by atoms with Crippen LogP contribution in [-0.2, 0) is 4.79 Å². The molecule has 2 heterocycles. The third-order valence-electron chi connectivity index (χ3n) is 4.08. The highest BCUT2D eigenvalue weighted by atomic mass is 32.2. The van der Waals surface area contributed by atoms with Crippen molar-refractivity contribution in [2.75, 3.05) is 44.7 Å². The zero-order valence-electron chi connectivity index (χ0n) is 11.3. The van der Waals surface area contributed by atoms with Gasteiger partial charge in [0.1, 0.15) is 0 Å². The molecule has 0 aromatic carbocycles. The van der Waals surface area contributed by atoms with Crippen molar-refractivity contribution in [2.24, 2.45) is 11.7 Å². The van der Waals surface area contributed by atoms with E-state index in [1.807, 2.05) is 16.7 Å². The van der Waals surface area contributed by atoms with Gasteiger partial charge in [-0.1, -0.05) is 0 Å². The van der Waals surface area contributed by atoms with Crippen molar-refractivity contribution in [1.82, 2.24) is 9.80 Å². The molecular formula is C13H25N3OS. The Bertz CT molecular complexity index is 281. The van der Waals surface area contributed by atoms with Gasteiger partial charge in [0.2, 0.25) is 5.91 Å². The lowest BCUT2D eigenvalue weighted by atomic mass is 9.97. The van der Waals surface area contributed by atoms with Gasteiger partial charge in [0.15, 0.2) is 0 Å². The van der Waals surface area contributed by atoms with Gasteiger partial charge in [0.05, 0.1) is 6.04 Å². The molecule has 4 nitrogen and oxygen atoms in total. The van der Waals surface area contributed by atoms with Gasteiger partial charge in [-0.3, -0.25) is 4.79 Å². The lowest BCUT2D eigenvalue weighted by Crippen LogP contribution is -2.57. The van der Waals surface area contributed by atoms with Crippen molar-refractivity contribution in [2.45, 2.75) is 25.3 Å². The molecule has 1 amide bonds. The number of rotatable bonds is 3. The lowest BCUT2D eigenvalue weighted by molar-refractivity contribution is -0.136. The normalized spacial score (nSPS) is 27.4. The third-order valence-corrected chi connectivity index (χ3v) is 5.13. The maximum Gasteiger partial charge on any atom is 0.223 e. The topological polar surface area (TPSA) is 49.6 Å². The molecule has 2 aliphatic heterocycles. The highest BCUT2D eigenvalue weighted by Crippen LogP contribution is 2.26. The zero-order chi connectivity index (χ0) is 13.0. The number of piperazine rings is 1. The van der Waals surface area contributed by atoms with Gasteiger partial charge < -0.3 is 15.5 Å². The molecule has 0 aromatic heterocycles. The molecule has 2 aliphatic rings. The Kier molecular flexibility index (Phi) is 5.33. The van der Waals surface area contributed by atoms with E-state index in [-0.39, 0.29) is 6.04 Å². The molecule has 0 spiro atoms.